The number of likely N-dealkylation sites (N-methyl/N-ethyl adjacent to an activating group) is 1. The Labute approximate surface area is 105 Å². The van der Waals surface area contributed by atoms with Gasteiger partial charge in [-0.25, -0.2) is 0 Å². The van der Waals surface area contributed by atoms with Crippen molar-refractivity contribution in [3.05, 3.63) is 0 Å². The highest BCUT2D eigenvalue weighted by molar-refractivity contribution is 5.77. The molecular formula is C13H26N2O2. The molecule has 0 aromatic heterocycles. The van der Waals surface area contributed by atoms with Crippen molar-refractivity contribution >= 4 is 11.7 Å². The van der Waals surface area contributed by atoms with Gasteiger partial charge in [0.1, 0.15) is 5.78 Å². The Morgan fingerprint density at radius 1 is 1.06 bits per heavy atom. The molecule has 0 saturated heterocycles. The van der Waals surface area contributed by atoms with Crippen LogP contribution in [0.3, 0.4) is 0 Å². The Kier molecular flexibility index (Phi) is 8.68. The van der Waals surface area contributed by atoms with Gasteiger partial charge in [0.2, 0.25) is 5.91 Å². The molecule has 0 fully saturated rings. The normalized spacial score (nSPS) is 10.6. The van der Waals surface area contributed by atoms with Crippen LogP contribution in [0.25, 0.3) is 0 Å². The molecule has 0 atom stereocenters. The standard InChI is InChI=1S/C13H26N2O2/c1-5-9-15(11-13(17)14(3)4)10-7-6-8-12(2)16/h5-11H2,1-4H3. The molecule has 4 heteroatoms. The number of carbonyl (C=O) groups excluding carboxylic acids is 2. The lowest BCUT2D eigenvalue weighted by atomic mass is 10.2. The molecule has 100 valence electrons. The summed E-state index contributed by atoms with van der Waals surface area (Å²) >= 11 is 0. The van der Waals surface area contributed by atoms with Crippen LogP contribution < -0.4 is 0 Å². The van der Waals surface area contributed by atoms with E-state index in [0.717, 1.165) is 32.4 Å². The fraction of sp³-hybridized carbons (Fsp3) is 0.846. The molecule has 0 aliphatic rings. The van der Waals surface area contributed by atoms with Crippen LogP contribution in [0, 0.1) is 0 Å². The predicted molar refractivity (Wildman–Crippen MR) is 70.0 cm³/mol. The zero-order valence-electron chi connectivity index (χ0n) is 11.7. The van der Waals surface area contributed by atoms with E-state index in [1.165, 1.54) is 0 Å². The van der Waals surface area contributed by atoms with Gasteiger partial charge < -0.3 is 9.69 Å². The molecule has 0 bridgehead atoms. The summed E-state index contributed by atoms with van der Waals surface area (Å²) < 4.78 is 0. The maximum Gasteiger partial charge on any atom is 0.236 e. The van der Waals surface area contributed by atoms with Crippen molar-refractivity contribution in [2.45, 2.75) is 39.5 Å². The van der Waals surface area contributed by atoms with Crippen molar-refractivity contribution in [3.63, 3.8) is 0 Å². The highest BCUT2D eigenvalue weighted by Crippen LogP contribution is 2.01. The SMILES string of the molecule is CCCN(CCCCC(C)=O)CC(=O)N(C)C. The summed E-state index contributed by atoms with van der Waals surface area (Å²) in [6.07, 6.45) is 3.61. The van der Waals surface area contributed by atoms with E-state index in [1.54, 1.807) is 25.9 Å². The fourth-order valence-electron chi connectivity index (χ4n) is 1.63. The van der Waals surface area contributed by atoms with Crippen LogP contribution in [-0.2, 0) is 9.59 Å². The summed E-state index contributed by atoms with van der Waals surface area (Å²) in [5.74, 6) is 0.390. The second kappa shape index (κ2) is 9.16. The lowest BCUT2D eigenvalue weighted by Crippen LogP contribution is -2.37. The van der Waals surface area contributed by atoms with Crippen molar-refractivity contribution in [2.75, 3.05) is 33.7 Å². The summed E-state index contributed by atoms with van der Waals surface area (Å²) in [6, 6.07) is 0. The van der Waals surface area contributed by atoms with Gasteiger partial charge in [-0.15, -0.1) is 0 Å². The van der Waals surface area contributed by atoms with Crippen LogP contribution in [0.15, 0.2) is 0 Å². The summed E-state index contributed by atoms with van der Waals surface area (Å²) in [7, 11) is 3.56. The minimum Gasteiger partial charge on any atom is -0.348 e. The zero-order valence-corrected chi connectivity index (χ0v) is 11.7. The number of unbranched alkanes of at least 4 members (excludes halogenated alkanes) is 1. The van der Waals surface area contributed by atoms with Gasteiger partial charge >= 0.3 is 0 Å². The van der Waals surface area contributed by atoms with Crippen LogP contribution in [0.5, 0.6) is 0 Å². The zero-order chi connectivity index (χ0) is 13.3. The molecule has 0 heterocycles. The summed E-state index contributed by atoms with van der Waals surface area (Å²) in [6.45, 7) is 6.07. The number of amides is 1. The molecule has 0 aliphatic heterocycles. The van der Waals surface area contributed by atoms with Gasteiger partial charge in [-0.1, -0.05) is 6.92 Å². The first-order valence-corrected chi connectivity index (χ1v) is 6.39. The summed E-state index contributed by atoms with van der Waals surface area (Å²) in [4.78, 5) is 26.2. The van der Waals surface area contributed by atoms with Crippen molar-refractivity contribution < 1.29 is 9.59 Å². The van der Waals surface area contributed by atoms with E-state index < -0.39 is 0 Å². The highest BCUT2D eigenvalue weighted by Gasteiger charge is 2.11. The van der Waals surface area contributed by atoms with Crippen LogP contribution in [0.4, 0.5) is 0 Å². The van der Waals surface area contributed by atoms with Gasteiger partial charge in [0.25, 0.3) is 0 Å². The van der Waals surface area contributed by atoms with Gasteiger partial charge in [0.15, 0.2) is 0 Å². The number of hydrogen-bond donors (Lipinski definition) is 0. The Hall–Kier alpha value is -0.900. The third kappa shape index (κ3) is 8.86. The number of carbonyl (C=O) groups is 2. The average molecular weight is 242 g/mol. The predicted octanol–water partition coefficient (Wildman–Crippen LogP) is 1.55. The first-order chi connectivity index (χ1) is 7.97. The average Bonchev–Trinajstić information content (AvgIpc) is 2.23. The maximum absolute atomic E-state index is 11.6. The molecule has 1 amide bonds. The molecule has 0 spiro atoms. The Balaban J connectivity index is 3.89. The molecule has 17 heavy (non-hydrogen) atoms. The van der Waals surface area contributed by atoms with Crippen LogP contribution >= 0.6 is 0 Å². The third-order valence-electron chi connectivity index (χ3n) is 2.65. The topological polar surface area (TPSA) is 40.6 Å². The molecule has 0 aromatic rings. The highest BCUT2D eigenvalue weighted by atomic mass is 16.2. The fourth-order valence-corrected chi connectivity index (χ4v) is 1.63. The largest absolute Gasteiger partial charge is 0.348 e. The Morgan fingerprint density at radius 2 is 1.71 bits per heavy atom. The molecule has 0 aromatic carbocycles. The lowest BCUT2D eigenvalue weighted by molar-refractivity contribution is -0.130. The van der Waals surface area contributed by atoms with Gasteiger partial charge in [-0.3, -0.25) is 9.69 Å². The van der Waals surface area contributed by atoms with Gasteiger partial charge in [0.05, 0.1) is 6.54 Å². The van der Waals surface area contributed by atoms with Crippen LogP contribution in [-0.4, -0.2) is 55.2 Å². The van der Waals surface area contributed by atoms with Gasteiger partial charge in [-0.05, 0) is 39.3 Å². The first kappa shape index (κ1) is 16.1. The van der Waals surface area contributed by atoms with Crippen molar-refractivity contribution in [2.24, 2.45) is 0 Å². The van der Waals surface area contributed by atoms with E-state index in [2.05, 4.69) is 11.8 Å². The number of ketones is 1. The third-order valence-corrected chi connectivity index (χ3v) is 2.65. The minimum atomic E-state index is 0.144. The lowest BCUT2D eigenvalue weighted by Gasteiger charge is -2.22. The molecule has 4 nitrogen and oxygen atoms in total. The van der Waals surface area contributed by atoms with Crippen molar-refractivity contribution in [1.29, 1.82) is 0 Å². The number of nitrogens with zero attached hydrogens (tertiary/aromatic N) is 2. The van der Waals surface area contributed by atoms with E-state index in [-0.39, 0.29) is 11.7 Å². The van der Waals surface area contributed by atoms with Crippen molar-refractivity contribution in [3.8, 4) is 0 Å². The van der Waals surface area contributed by atoms with Crippen LogP contribution in [0.1, 0.15) is 39.5 Å². The van der Waals surface area contributed by atoms with E-state index in [1.807, 2.05) is 0 Å². The molecule has 0 N–H and O–H groups in total. The number of rotatable bonds is 9. The molecule has 0 unspecified atom stereocenters. The molecular weight excluding hydrogens is 216 g/mol. The van der Waals surface area contributed by atoms with E-state index in [9.17, 15) is 9.59 Å². The monoisotopic (exact) mass is 242 g/mol. The summed E-state index contributed by atoms with van der Waals surface area (Å²) in [5.41, 5.74) is 0. The molecule has 0 aliphatic carbocycles. The van der Waals surface area contributed by atoms with E-state index >= 15 is 0 Å². The van der Waals surface area contributed by atoms with Crippen molar-refractivity contribution in [1.82, 2.24) is 9.80 Å². The Morgan fingerprint density at radius 3 is 2.18 bits per heavy atom. The Bertz CT molecular complexity index is 240. The second-order valence-electron chi connectivity index (χ2n) is 4.72. The minimum absolute atomic E-state index is 0.144. The van der Waals surface area contributed by atoms with E-state index in [0.29, 0.717) is 13.0 Å². The summed E-state index contributed by atoms with van der Waals surface area (Å²) in [5, 5.41) is 0. The molecule has 0 rings (SSSR count). The maximum atomic E-state index is 11.6. The van der Waals surface area contributed by atoms with E-state index in [4.69, 9.17) is 0 Å². The quantitative estimate of drug-likeness (QED) is 0.576. The number of hydrogen-bond acceptors (Lipinski definition) is 3. The van der Waals surface area contributed by atoms with Gasteiger partial charge in [-0.2, -0.15) is 0 Å². The number of Topliss-reactive ketones (excluding diaryl/α,β-unsaturated/α-hetero) is 1. The smallest absolute Gasteiger partial charge is 0.236 e. The molecule has 0 radical (unpaired) electrons. The van der Waals surface area contributed by atoms with Gasteiger partial charge in [0, 0.05) is 20.5 Å². The van der Waals surface area contributed by atoms with Crippen LogP contribution in [0.2, 0.25) is 0 Å². The first-order valence-electron chi connectivity index (χ1n) is 6.39. The second-order valence-corrected chi connectivity index (χ2v) is 4.72. The molecule has 0 saturated carbocycles.